The van der Waals surface area contributed by atoms with Crippen molar-refractivity contribution < 1.29 is 26.3 Å². The Labute approximate surface area is 153 Å². The average Bonchev–Trinajstić information content (AvgIpc) is 2.60. The van der Waals surface area contributed by atoms with Crippen molar-refractivity contribution in [3.63, 3.8) is 0 Å². The van der Waals surface area contributed by atoms with E-state index in [4.69, 9.17) is 14.6 Å². The van der Waals surface area contributed by atoms with Gasteiger partial charge in [-0.25, -0.2) is 26.7 Å². The Morgan fingerprint density at radius 2 is 1.50 bits per heavy atom. The van der Waals surface area contributed by atoms with Crippen LogP contribution in [0.15, 0.2) is 53.4 Å². The van der Waals surface area contributed by atoms with Crippen LogP contribution in [0.1, 0.15) is 5.56 Å². The predicted octanol–water partition coefficient (Wildman–Crippen LogP) is 0.841. The molecule has 26 heavy (non-hydrogen) atoms. The highest BCUT2D eigenvalue weighted by molar-refractivity contribution is 7.89. The van der Waals surface area contributed by atoms with Crippen molar-refractivity contribution in [1.29, 1.82) is 0 Å². The normalized spacial score (nSPS) is 11.9. The third-order valence-electron chi connectivity index (χ3n) is 3.43. The molecule has 0 aromatic heterocycles. The minimum atomic E-state index is -3.77. The number of nitrogens with one attached hydrogen (secondary N) is 1. The minimum absolute atomic E-state index is 0.00792. The standard InChI is InChI=1S/C16H20N2O6S2/c1-23-14-4-6-15(7-5-14)24-10-11-25(19,20)18-12-13-2-8-16(9-3-13)26(17,21)22/h2-9,18H,10-12H2,1H3,(H2,17,21,22). The summed E-state index contributed by atoms with van der Waals surface area (Å²) in [6.45, 7) is 0.0295. The molecule has 0 amide bonds. The number of benzene rings is 2. The van der Waals surface area contributed by atoms with Gasteiger partial charge in [0.1, 0.15) is 18.1 Å². The largest absolute Gasteiger partial charge is 0.497 e. The summed E-state index contributed by atoms with van der Waals surface area (Å²) in [7, 11) is -5.76. The molecule has 0 heterocycles. The summed E-state index contributed by atoms with van der Waals surface area (Å²) in [6.07, 6.45) is 0. The molecular weight excluding hydrogens is 380 g/mol. The van der Waals surface area contributed by atoms with Crippen LogP contribution in [-0.2, 0) is 26.6 Å². The van der Waals surface area contributed by atoms with Gasteiger partial charge >= 0.3 is 0 Å². The van der Waals surface area contributed by atoms with Crippen LogP contribution in [0.2, 0.25) is 0 Å². The molecular formula is C16H20N2O6S2. The van der Waals surface area contributed by atoms with Gasteiger partial charge in [0.05, 0.1) is 17.8 Å². The molecule has 10 heteroatoms. The highest BCUT2D eigenvalue weighted by atomic mass is 32.2. The lowest BCUT2D eigenvalue weighted by molar-refractivity contribution is 0.339. The molecule has 0 atom stereocenters. The second-order valence-corrected chi connectivity index (χ2v) is 8.84. The molecule has 0 spiro atoms. The van der Waals surface area contributed by atoms with E-state index in [-0.39, 0.29) is 23.8 Å². The molecule has 2 aromatic rings. The fourth-order valence-electron chi connectivity index (χ4n) is 2.00. The second-order valence-electron chi connectivity index (χ2n) is 5.35. The fraction of sp³-hybridized carbons (Fsp3) is 0.250. The number of primary sulfonamides is 1. The Kier molecular flexibility index (Phi) is 6.59. The van der Waals surface area contributed by atoms with Gasteiger partial charge in [-0.2, -0.15) is 0 Å². The van der Waals surface area contributed by atoms with E-state index < -0.39 is 20.0 Å². The summed E-state index contributed by atoms with van der Waals surface area (Å²) in [4.78, 5) is -0.0306. The smallest absolute Gasteiger partial charge is 0.238 e. The molecule has 0 fully saturated rings. The summed E-state index contributed by atoms with van der Waals surface area (Å²) >= 11 is 0. The van der Waals surface area contributed by atoms with E-state index in [0.717, 1.165) is 0 Å². The Morgan fingerprint density at radius 1 is 0.923 bits per heavy atom. The second kappa shape index (κ2) is 8.49. The zero-order chi connectivity index (χ0) is 19.2. The maximum absolute atomic E-state index is 12.0. The van der Waals surface area contributed by atoms with Crippen LogP contribution < -0.4 is 19.3 Å². The predicted molar refractivity (Wildman–Crippen MR) is 96.9 cm³/mol. The van der Waals surface area contributed by atoms with Crippen molar-refractivity contribution in [2.75, 3.05) is 19.5 Å². The fourth-order valence-corrected chi connectivity index (χ4v) is 3.35. The zero-order valence-corrected chi connectivity index (χ0v) is 15.7. The third kappa shape index (κ3) is 6.30. The third-order valence-corrected chi connectivity index (χ3v) is 5.65. The molecule has 2 rings (SSSR count). The van der Waals surface area contributed by atoms with Crippen molar-refractivity contribution in [2.24, 2.45) is 5.14 Å². The van der Waals surface area contributed by atoms with E-state index in [0.29, 0.717) is 17.1 Å². The van der Waals surface area contributed by atoms with Gasteiger partial charge < -0.3 is 9.47 Å². The molecule has 3 N–H and O–H groups in total. The van der Waals surface area contributed by atoms with E-state index in [1.807, 2.05) is 0 Å². The highest BCUT2D eigenvalue weighted by Crippen LogP contribution is 2.17. The van der Waals surface area contributed by atoms with Gasteiger partial charge in [0, 0.05) is 6.54 Å². The first-order valence-electron chi connectivity index (χ1n) is 7.55. The van der Waals surface area contributed by atoms with Crippen molar-refractivity contribution >= 4 is 20.0 Å². The Hall–Kier alpha value is -2.14. The van der Waals surface area contributed by atoms with E-state index in [1.165, 1.54) is 24.3 Å². The molecule has 0 aliphatic rings. The van der Waals surface area contributed by atoms with Gasteiger partial charge in [-0.15, -0.1) is 0 Å². The quantitative estimate of drug-likeness (QED) is 0.643. The maximum Gasteiger partial charge on any atom is 0.238 e. The number of rotatable bonds is 9. The summed E-state index contributed by atoms with van der Waals surface area (Å²) in [6, 6.07) is 12.4. The molecule has 0 aliphatic heterocycles. The molecule has 8 nitrogen and oxygen atoms in total. The van der Waals surface area contributed by atoms with Gasteiger partial charge in [-0.1, -0.05) is 12.1 Å². The molecule has 0 saturated carbocycles. The molecule has 0 unspecified atom stereocenters. The van der Waals surface area contributed by atoms with Crippen LogP contribution in [0.4, 0.5) is 0 Å². The van der Waals surface area contributed by atoms with Crippen LogP contribution >= 0.6 is 0 Å². The minimum Gasteiger partial charge on any atom is -0.497 e. The van der Waals surface area contributed by atoms with Gasteiger partial charge in [0.2, 0.25) is 20.0 Å². The highest BCUT2D eigenvalue weighted by Gasteiger charge is 2.11. The van der Waals surface area contributed by atoms with Crippen molar-refractivity contribution in [2.45, 2.75) is 11.4 Å². The number of hydrogen-bond donors (Lipinski definition) is 2. The van der Waals surface area contributed by atoms with Crippen LogP contribution in [0, 0.1) is 0 Å². The van der Waals surface area contributed by atoms with E-state index >= 15 is 0 Å². The molecule has 0 bridgehead atoms. The molecule has 0 saturated heterocycles. The Balaban J connectivity index is 1.82. The zero-order valence-electron chi connectivity index (χ0n) is 14.1. The lowest BCUT2D eigenvalue weighted by Gasteiger charge is -2.09. The number of nitrogens with two attached hydrogens (primary N) is 1. The Morgan fingerprint density at radius 3 is 2.04 bits per heavy atom. The number of ether oxygens (including phenoxy) is 2. The number of methoxy groups -OCH3 is 1. The van der Waals surface area contributed by atoms with Gasteiger partial charge in [0.25, 0.3) is 0 Å². The molecule has 0 aliphatic carbocycles. The van der Waals surface area contributed by atoms with E-state index in [2.05, 4.69) is 4.72 Å². The van der Waals surface area contributed by atoms with Crippen molar-refractivity contribution in [1.82, 2.24) is 4.72 Å². The van der Waals surface area contributed by atoms with Crippen LogP contribution in [0.5, 0.6) is 11.5 Å². The number of hydrogen-bond acceptors (Lipinski definition) is 6. The summed E-state index contributed by atoms with van der Waals surface area (Å²) in [5.41, 5.74) is 0.608. The average molecular weight is 400 g/mol. The van der Waals surface area contributed by atoms with Gasteiger partial charge in [0.15, 0.2) is 0 Å². The van der Waals surface area contributed by atoms with Gasteiger partial charge in [-0.05, 0) is 42.0 Å². The first-order valence-corrected chi connectivity index (χ1v) is 10.8. The summed E-state index contributed by atoms with van der Waals surface area (Å²) < 4.78 is 59.2. The summed E-state index contributed by atoms with van der Waals surface area (Å²) in [5.74, 6) is 1.01. The molecule has 142 valence electrons. The SMILES string of the molecule is COc1ccc(OCCS(=O)(=O)NCc2ccc(S(N)(=O)=O)cc2)cc1. The van der Waals surface area contributed by atoms with Crippen molar-refractivity contribution in [3.05, 3.63) is 54.1 Å². The summed E-state index contributed by atoms with van der Waals surface area (Å²) in [5, 5.41) is 5.01. The Bertz CT molecular complexity index is 924. The maximum atomic E-state index is 12.0. The van der Waals surface area contributed by atoms with E-state index in [9.17, 15) is 16.8 Å². The van der Waals surface area contributed by atoms with Crippen LogP contribution in [0.3, 0.4) is 0 Å². The monoisotopic (exact) mass is 400 g/mol. The number of sulfonamides is 2. The van der Waals surface area contributed by atoms with Gasteiger partial charge in [-0.3, -0.25) is 0 Å². The van der Waals surface area contributed by atoms with Crippen LogP contribution in [-0.4, -0.2) is 36.3 Å². The van der Waals surface area contributed by atoms with Crippen molar-refractivity contribution in [3.8, 4) is 11.5 Å². The molecule has 2 aromatic carbocycles. The lowest BCUT2D eigenvalue weighted by atomic mass is 10.2. The van der Waals surface area contributed by atoms with Crippen LogP contribution in [0.25, 0.3) is 0 Å². The first-order chi connectivity index (χ1) is 12.2. The lowest BCUT2D eigenvalue weighted by Crippen LogP contribution is -2.28. The topological polar surface area (TPSA) is 125 Å². The molecule has 0 radical (unpaired) electrons. The van der Waals surface area contributed by atoms with E-state index in [1.54, 1.807) is 31.4 Å². The first kappa shape index (κ1) is 20.2.